The third kappa shape index (κ3) is 4.63. The van der Waals surface area contributed by atoms with Gasteiger partial charge < -0.3 is 24.0 Å². The van der Waals surface area contributed by atoms with Gasteiger partial charge in [0.05, 0.1) is 28.9 Å². The zero-order valence-electron chi connectivity index (χ0n) is 23.9. The second-order valence-electron chi connectivity index (χ2n) is 11.2. The van der Waals surface area contributed by atoms with E-state index in [-0.39, 0.29) is 0 Å². The van der Waals surface area contributed by atoms with Crippen LogP contribution in [0.25, 0.3) is 33.7 Å². The number of benzene rings is 2. The minimum atomic E-state index is -1.20. The second kappa shape index (κ2) is 9.68. The van der Waals surface area contributed by atoms with Crippen molar-refractivity contribution in [3.8, 4) is 28.4 Å². The Morgan fingerprint density at radius 3 is 2.44 bits per heavy atom. The Morgan fingerprint density at radius 1 is 1.05 bits per heavy atom. The lowest BCUT2D eigenvalue weighted by Gasteiger charge is -2.32. The predicted molar refractivity (Wildman–Crippen MR) is 154 cm³/mol. The number of ether oxygens (including phenoxy) is 2. The number of imidazole rings is 1. The summed E-state index contributed by atoms with van der Waals surface area (Å²) in [4.78, 5) is 24.8. The van der Waals surface area contributed by atoms with E-state index in [4.69, 9.17) is 19.4 Å². The molecule has 0 unspecified atom stereocenters. The van der Waals surface area contributed by atoms with E-state index in [1.165, 1.54) is 0 Å². The SMILES string of the molecule is Cc1nc(-c2nc3ccccc3n2C)c(C)c(-c2ccc3c(c2C)N(C)CCO3)c1[C@H](OC(C)(C)C)C(=O)O. The lowest BCUT2D eigenvalue weighted by Crippen LogP contribution is -2.30. The average Bonchev–Trinajstić information content (AvgIpc) is 3.20. The molecule has 0 radical (unpaired) electrons. The number of carboxylic acid groups (broad SMARTS) is 1. The number of carbonyl (C=O) groups is 1. The highest BCUT2D eigenvalue weighted by Gasteiger charge is 2.34. The Morgan fingerprint density at radius 2 is 1.77 bits per heavy atom. The standard InChI is InChI=1S/C31H36N4O4/c1-17-20(13-14-23-27(17)34(7)15-16-38-23)24-18(2)26(29-33-21-11-9-10-12-22(21)35(29)8)32-19(3)25(24)28(30(36)37)39-31(4,5)6/h9-14,28H,15-16H2,1-8H3,(H,36,37)/t28-/m0/s1. The summed E-state index contributed by atoms with van der Waals surface area (Å²) >= 11 is 0. The Kier molecular flexibility index (Phi) is 6.63. The van der Waals surface area contributed by atoms with Gasteiger partial charge in [0.1, 0.15) is 18.1 Å². The summed E-state index contributed by atoms with van der Waals surface area (Å²) in [5.41, 5.74) is 7.65. The fourth-order valence-corrected chi connectivity index (χ4v) is 5.58. The van der Waals surface area contributed by atoms with Crippen LogP contribution in [0.2, 0.25) is 0 Å². The summed E-state index contributed by atoms with van der Waals surface area (Å²) in [6, 6.07) is 12.0. The van der Waals surface area contributed by atoms with Crippen LogP contribution in [0.1, 0.15) is 49.3 Å². The number of aryl methyl sites for hydroxylation is 2. The Labute approximate surface area is 229 Å². The third-order valence-corrected chi connectivity index (χ3v) is 7.35. The smallest absolute Gasteiger partial charge is 0.337 e. The molecule has 39 heavy (non-hydrogen) atoms. The third-order valence-electron chi connectivity index (χ3n) is 7.35. The first-order valence-electron chi connectivity index (χ1n) is 13.2. The summed E-state index contributed by atoms with van der Waals surface area (Å²) in [6.45, 7) is 12.9. The molecule has 0 amide bonds. The molecule has 1 aliphatic heterocycles. The number of pyridine rings is 1. The number of hydrogen-bond donors (Lipinski definition) is 1. The molecule has 4 aromatic rings. The van der Waals surface area contributed by atoms with E-state index in [9.17, 15) is 9.90 Å². The first kappa shape index (κ1) is 26.7. The predicted octanol–water partition coefficient (Wildman–Crippen LogP) is 6.00. The lowest BCUT2D eigenvalue weighted by molar-refractivity contribution is -0.160. The van der Waals surface area contributed by atoms with Crippen molar-refractivity contribution in [1.29, 1.82) is 0 Å². The molecule has 0 bridgehead atoms. The first-order valence-corrected chi connectivity index (χ1v) is 13.2. The van der Waals surface area contributed by atoms with Crippen molar-refractivity contribution in [2.24, 2.45) is 7.05 Å². The van der Waals surface area contributed by atoms with Crippen LogP contribution >= 0.6 is 0 Å². The van der Waals surface area contributed by atoms with Crippen LogP contribution in [0.3, 0.4) is 0 Å². The average molecular weight is 529 g/mol. The Hall–Kier alpha value is -3.91. The zero-order chi connectivity index (χ0) is 28.2. The van der Waals surface area contributed by atoms with Crippen LogP contribution in [-0.4, -0.2) is 51.4 Å². The van der Waals surface area contributed by atoms with E-state index < -0.39 is 17.7 Å². The highest BCUT2D eigenvalue weighted by Crippen LogP contribution is 2.45. The molecule has 0 saturated carbocycles. The quantitative estimate of drug-likeness (QED) is 0.340. The molecule has 1 aliphatic rings. The number of hydrogen-bond acceptors (Lipinski definition) is 6. The van der Waals surface area contributed by atoms with Gasteiger partial charge in [-0.25, -0.2) is 14.8 Å². The zero-order valence-corrected chi connectivity index (χ0v) is 23.9. The van der Waals surface area contributed by atoms with Gasteiger partial charge in [-0.05, 0) is 82.0 Å². The van der Waals surface area contributed by atoms with Gasteiger partial charge in [-0.2, -0.15) is 0 Å². The highest BCUT2D eigenvalue weighted by atomic mass is 16.5. The normalized spacial score (nSPS) is 14.3. The largest absolute Gasteiger partial charge is 0.490 e. The molecule has 8 heteroatoms. The molecule has 5 rings (SSSR count). The molecule has 0 spiro atoms. The maximum absolute atomic E-state index is 12.7. The van der Waals surface area contributed by atoms with Crippen molar-refractivity contribution in [2.75, 3.05) is 25.1 Å². The number of carboxylic acids is 1. The minimum Gasteiger partial charge on any atom is -0.490 e. The lowest BCUT2D eigenvalue weighted by atomic mass is 9.87. The number of aromatic nitrogens is 3. The van der Waals surface area contributed by atoms with Crippen LogP contribution in [0.5, 0.6) is 5.75 Å². The van der Waals surface area contributed by atoms with Gasteiger partial charge in [-0.3, -0.25) is 0 Å². The summed E-state index contributed by atoms with van der Waals surface area (Å²) in [7, 11) is 4.03. The van der Waals surface area contributed by atoms with Gasteiger partial charge >= 0.3 is 5.97 Å². The molecular weight excluding hydrogens is 492 g/mol. The van der Waals surface area contributed by atoms with Crippen molar-refractivity contribution in [3.05, 3.63) is 58.8 Å². The van der Waals surface area contributed by atoms with Crippen molar-refractivity contribution in [1.82, 2.24) is 14.5 Å². The fraction of sp³-hybridized carbons (Fsp3) is 0.387. The summed E-state index contributed by atoms with van der Waals surface area (Å²) in [6.07, 6.45) is -1.20. The molecular formula is C31H36N4O4. The summed E-state index contributed by atoms with van der Waals surface area (Å²) in [5, 5.41) is 10.4. The van der Waals surface area contributed by atoms with E-state index in [2.05, 4.69) is 18.9 Å². The summed E-state index contributed by atoms with van der Waals surface area (Å²) < 4.78 is 14.2. The van der Waals surface area contributed by atoms with Crippen LogP contribution in [0.15, 0.2) is 36.4 Å². The molecule has 8 nitrogen and oxygen atoms in total. The van der Waals surface area contributed by atoms with Gasteiger partial charge in [-0.1, -0.05) is 18.2 Å². The highest BCUT2D eigenvalue weighted by molar-refractivity contribution is 5.89. The molecule has 204 valence electrons. The van der Waals surface area contributed by atoms with E-state index in [0.29, 0.717) is 23.6 Å². The number of rotatable bonds is 5. The Bertz CT molecular complexity index is 1600. The molecule has 2 aromatic carbocycles. The number of aliphatic carboxylic acids is 1. The van der Waals surface area contributed by atoms with Crippen LogP contribution < -0.4 is 9.64 Å². The van der Waals surface area contributed by atoms with Crippen molar-refractivity contribution in [2.45, 2.75) is 53.2 Å². The molecule has 1 atom stereocenters. The molecule has 0 saturated heterocycles. The Balaban J connectivity index is 1.85. The van der Waals surface area contributed by atoms with E-state index in [1.54, 1.807) is 0 Å². The molecule has 0 aliphatic carbocycles. The maximum atomic E-state index is 12.7. The second-order valence-corrected chi connectivity index (χ2v) is 11.2. The van der Waals surface area contributed by atoms with Crippen molar-refractivity contribution in [3.63, 3.8) is 0 Å². The van der Waals surface area contributed by atoms with Gasteiger partial charge in [-0.15, -0.1) is 0 Å². The first-order chi connectivity index (χ1) is 18.4. The number of anilines is 1. The van der Waals surface area contributed by atoms with Crippen LogP contribution in [-0.2, 0) is 16.6 Å². The number of nitrogens with zero attached hydrogens (tertiary/aromatic N) is 4. The number of fused-ring (bicyclic) bond motifs is 2. The minimum absolute atomic E-state index is 0.555. The van der Waals surface area contributed by atoms with Crippen LogP contribution in [0.4, 0.5) is 5.69 Å². The summed E-state index contributed by atoms with van der Waals surface area (Å²) in [5.74, 6) is 0.498. The molecule has 2 aromatic heterocycles. The van der Waals surface area contributed by atoms with E-state index in [1.807, 2.05) is 82.6 Å². The van der Waals surface area contributed by atoms with Crippen molar-refractivity contribution >= 4 is 22.7 Å². The fourth-order valence-electron chi connectivity index (χ4n) is 5.58. The number of likely N-dealkylation sites (N-methyl/N-ethyl adjacent to an activating group) is 1. The number of para-hydroxylation sites is 2. The molecule has 0 fully saturated rings. The van der Waals surface area contributed by atoms with E-state index in [0.717, 1.165) is 57.1 Å². The van der Waals surface area contributed by atoms with Gasteiger partial charge in [0.25, 0.3) is 0 Å². The van der Waals surface area contributed by atoms with Gasteiger partial charge in [0, 0.05) is 25.4 Å². The van der Waals surface area contributed by atoms with Crippen molar-refractivity contribution < 1.29 is 19.4 Å². The topological polar surface area (TPSA) is 89.7 Å². The monoisotopic (exact) mass is 528 g/mol. The maximum Gasteiger partial charge on any atom is 0.337 e. The molecule has 1 N–H and O–H groups in total. The van der Waals surface area contributed by atoms with Gasteiger partial charge in [0.2, 0.25) is 0 Å². The van der Waals surface area contributed by atoms with Crippen LogP contribution in [0, 0.1) is 20.8 Å². The molecule has 3 heterocycles. The van der Waals surface area contributed by atoms with Gasteiger partial charge in [0.15, 0.2) is 11.9 Å². The van der Waals surface area contributed by atoms with E-state index >= 15 is 0 Å².